The summed E-state index contributed by atoms with van der Waals surface area (Å²) in [5.74, 6) is 1.18. The average Bonchev–Trinajstić information content (AvgIpc) is 2.72. The SMILES string of the molecule is C=CCc1cc(/C=N\NC(=O)CCCc2ccc(OC)cc2C)cc(OCC)c1O. The Labute approximate surface area is 178 Å². The van der Waals surface area contributed by atoms with Gasteiger partial charge in [-0.2, -0.15) is 5.10 Å². The molecule has 6 nitrogen and oxygen atoms in total. The van der Waals surface area contributed by atoms with E-state index in [9.17, 15) is 9.90 Å². The van der Waals surface area contributed by atoms with Crippen LogP contribution in [-0.4, -0.2) is 30.9 Å². The van der Waals surface area contributed by atoms with Crippen LogP contribution in [0.2, 0.25) is 0 Å². The van der Waals surface area contributed by atoms with Crippen molar-refractivity contribution in [3.63, 3.8) is 0 Å². The van der Waals surface area contributed by atoms with E-state index < -0.39 is 0 Å². The predicted octanol–water partition coefficient (Wildman–Crippen LogP) is 4.31. The molecule has 0 aromatic heterocycles. The largest absolute Gasteiger partial charge is 0.504 e. The first kappa shape index (κ1) is 23.0. The second-order valence-electron chi connectivity index (χ2n) is 6.89. The van der Waals surface area contributed by atoms with Crippen molar-refractivity contribution in [3.8, 4) is 17.2 Å². The molecule has 2 rings (SSSR count). The second kappa shape index (κ2) is 11.7. The van der Waals surface area contributed by atoms with Gasteiger partial charge in [0.05, 0.1) is 19.9 Å². The zero-order valence-electron chi connectivity index (χ0n) is 17.9. The molecule has 0 radical (unpaired) electrons. The Morgan fingerprint density at radius 1 is 1.27 bits per heavy atom. The molecule has 0 bridgehead atoms. The van der Waals surface area contributed by atoms with E-state index in [4.69, 9.17) is 9.47 Å². The number of nitrogens with zero attached hydrogens (tertiary/aromatic N) is 1. The Kier molecular flexibility index (Phi) is 8.94. The Morgan fingerprint density at radius 2 is 2.07 bits per heavy atom. The molecule has 1 amide bonds. The smallest absolute Gasteiger partial charge is 0.240 e. The van der Waals surface area contributed by atoms with Gasteiger partial charge in [0.1, 0.15) is 5.75 Å². The van der Waals surface area contributed by atoms with E-state index >= 15 is 0 Å². The van der Waals surface area contributed by atoms with Crippen LogP contribution in [-0.2, 0) is 17.6 Å². The van der Waals surface area contributed by atoms with Gasteiger partial charge in [-0.1, -0.05) is 12.1 Å². The lowest BCUT2D eigenvalue weighted by molar-refractivity contribution is -0.121. The van der Waals surface area contributed by atoms with Gasteiger partial charge < -0.3 is 14.6 Å². The van der Waals surface area contributed by atoms with Crippen LogP contribution >= 0.6 is 0 Å². The minimum Gasteiger partial charge on any atom is -0.504 e. The number of amides is 1. The summed E-state index contributed by atoms with van der Waals surface area (Å²) in [4.78, 5) is 12.1. The molecular formula is C24H30N2O4. The summed E-state index contributed by atoms with van der Waals surface area (Å²) in [5, 5.41) is 14.3. The molecule has 0 spiro atoms. The Hall–Kier alpha value is -3.28. The highest BCUT2D eigenvalue weighted by molar-refractivity contribution is 5.83. The fourth-order valence-corrected chi connectivity index (χ4v) is 3.09. The molecular weight excluding hydrogens is 380 g/mol. The van der Waals surface area contributed by atoms with Crippen molar-refractivity contribution >= 4 is 12.1 Å². The van der Waals surface area contributed by atoms with Crippen LogP contribution in [0.3, 0.4) is 0 Å². The maximum atomic E-state index is 12.1. The van der Waals surface area contributed by atoms with E-state index in [0.29, 0.717) is 30.8 Å². The summed E-state index contributed by atoms with van der Waals surface area (Å²) >= 11 is 0. The van der Waals surface area contributed by atoms with Gasteiger partial charge in [0, 0.05) is 12.0 Å². The fourth-order valence-electron chi connectivity index (χ4n) is 3.09. The third-order valence-electron chi connectivity index (χ3n) is 4.64. The summed E-state index contributed by atoms with van der Waals surface area (Å²) < 4.78 is 10.7. The van der Waals surface area contributed by atoms with E-state index in [0.717, 1.165) is 29.7 Å². The molecule has 0 atom stereocenters. The number of carbonyl (C=O) groups is 1. The average molecular weight is 411 g/mol. The summed E-state index contributed by atoms with van der Waals surface area (Å²) in [5.41, 5.74) is 6.33. The third kappa shape index (κ3) is 6.65. The quantitative estimate of drug-likeness (QED) is 0.329. The number of aromatic hydroxyl groups is 1. The first-order chi connectivity index (χ1) is 14.5. The van der Waals surface area contributed by atoms with Gasteiger partial charge in [-0.25, -0.2) is 5.43 Å². The van der Waals surface area contributed by atoms with Crippen LogP contribution in [0, 0.1) is 6.92 Å². The number of carbonyl (C=O) groups excluding carboxylic acids is 1. The molecule has 0 aliphatic rings. The number of methoxy groups -OCH3 is 1. The number of nitrogens with one attached hydrogen (secondary N) is 1. The van der Waals surface area contributed by atoms with E-state index in [-0.39, 0.29) is 11.7 Å². The fraction of sp³-hybridized carbons (Fsp3) is 0.333. The number of phenolic OH excluding ortho intramolecular Hbond substituents is 1. The van der Waals surface area contributed by atoms with E-state index in [1.54, 1.807) is 31.5 Å². The van der Waals surface area contributed by atoms with Crippen molar-refractivity contribution in [2.24, 2.45) is 5.10 Å². The minimum absolute atomic E-state index is 0.103. The summed E-state index contributed by atoms with van der Waals surface area (Å²) in [6.45, 7) is 8.03. The number of benzene rings is 2. The van der Waals surface area contributed by atoms with Crippen LogP contribution in [0.15, 0.2) is 48.1 Å². The number of aryl methyl sites for hydroxylation is 2. The molecule has 0 heterocycles. The zero-order chi connectivity index (χ0) is 21.9. The first-order valence-corrected chi connectivity index (χ1v) is 10.0. The van der Waals surface area contributed by atoms with Crippen molar-refractivity contribution in [2.45, 2.75) is 39.5 Å². The van der Waals surface area contributed by atoms with Gasteiger partial charge in [0.2, 0.25) is 5.91 Å². The molecule has 30 heavy (non-hydrogen) atoms. The number of rotatable bonds is 11. The summed E-state index contributed by atoms with van der Waals surface area (Å²) in [7, 11) is 1.65. The van der Waals surface area contributed by atoms with Crippen molar-refractivity contribution in [1.29, 1.82) is 0 Å². The highest BCUT2D eigenvalue weighted by atomic mass is 16.5. The Bertz CT molecular complexity index is 906. The van der Waals surface area contributed by atoms with Crippen LogP contribution in [0.4, 0.5) is 0 Å². The second-order valence-corrected chi connectivity index (χ2v) is 6.89. The maximum Gasteiger partial charge on any atom is 0.240 e. The van der Waals surface area contributed by atoms with Gasteiger partial charge in [-0.3, -0.25) is 4.79 Å². The number of allylic oxidation sites excluding steroid dienone is 1. The lowest BCUT2D eigenvalue weighted by atomic mass is 10.0. The number of ether oxygens (including phenoxy) is 2. The van der Waals surface area contributed by atoms with Gasteiger partial charge in [0.25, 0.3) is 0 Å². The van der Waals surface area contributed by atoms with Crippen LogP contribution in [0.5, 0.6) is 17.2 Å². The Morgan fingerprint density at radius 3 is 2.73 bits per heavy atom. The maximum absolute atomic E-state index is 12.1. The van der Waals surface area contributed by atoms with E-state index in [2.05, 4.69) is 17.1 Å². The number of phenols is 1. The summed E-state index contributed by atoms with van der Waals surface area (Å²) in [6, 6.07) is 9.44. The highest BCUT2D eigenvalue weighted by Crippen LogP contribution is 2.32. The molecule has 0 saturated carbocycles. The van der Waals surface area contributed by atoms with Gasteiger partial charge >= 0.3 is 0 Å². The van der Waals surface area contributed by atoms with Gasteiger partial charge in [-0.15, -0.1) is 6.58 Å². The molecule has 2 aromatic carbocycles. The topological polar surface area (TPSA) is 80.2 Å². The first-order valence-electron chi connectivity index (χ1n) is 10.0. The molecule has 0 unspecified atom stereocenters. The van der Waals surface area contributed by atoms with Gasteiger partial charge in [0.15, 0.2) is 11.5 Å². The third-order valence-corrected chi connectivity index (χ3v) is 4.64. The van der Waals surface area contributed by atoms with E-state index in [1.807, 2.05) is 32.0 Å². The van der Waals surface area contributed by atoms with Crippen LogP contribution < -0.4 is 14.9 Å². The normalized spacial score (nSPS) is 10.8. The van der Waals surface area contributed by atoms with Crippen molar-refractivity contribution in [1.82, 2.24) is 5.43 Å². The van der Waals surface area contributed by atoms with E-state index in [1.165, 1.54) is 5.56 Å². The highest BCUT2D eigenvalue weighted by Gasteiger charge is 2.10. The molecule has 2 aromatic rings. The molecule has 0 saturated heterocycles. The molecule has 0 fully saturated rings. The van der Waals surface area contributed by atoms with Crippen LogP contribution in [0.1, 0.15) is 42.0 Å². The Balaban J connectivity index is 1.90. The molecule has 2 N–H and O–H groups in total. The molecule has 0 aliphatic carbocycles. The molecule has 6 heteroatoms. The molecule has 160 valence electrons. The summed E-state index contributed by atoms with van der Waals surface area (Å²) in [6.07, 6.45) is 5.67. The number of hydrogen-bond donors (Lipinski definition) is 2. The van der Waals surface area contributed by atoms with Crippen molar-refractivity contribution < 1.29 is 19.4 Å². The van der Waals surface area contributed by atoms with Crippen LogP contribution in [0.25, 0.3) is 0 Å². The zero-order valence-corrected chi connectivity index (χ0v) is 17.9. The van der Waals surface area contributed by atoms with Crippen molar-refractivity contribution in [3.05, 3.63) is 65.2 Å². The van der Waals surface area contributed by atoms with Crippen molar-refractivity contribution in [2.75, 3.05) is 13.7 Å². The predicted molar refractivity (Wildman–Crippen MR) is 120 cm³/mol. The minimum atomic E-state index is -0.146. The lowest BCUT2D eigenvalue weighted by Gasteiger charge is -2.10. The van der Waals surface area contributed by atoms with Gasteiger partial charge in [-0.05, 0) is 74.1 Å². The standard InChI is InChI=1S/C24H30N2O4/c1-5-8-20-14-18(15-22(24(20)28)30-6-2)16-25-26-23(27)10-7-9-19-11-12-21(29-4)13-17(19)3/h5,11-16,28H,1,6-10H2,2-4H3,(H,26,27)/b25-16-. The monoisotopic (exact) mass is 410 g/mol. The molecule has 0 aliphatic heterocycles. The number of hydrazone groups is 1. The number of hydrogen-bond acceptors (Lipinski definition) is 5. The lowest BCUT2D eigenvalue weighted by Crippen LogP contribution is -2.17.